The third-order valence-electron chi connectivity index (χ3n) is 3.17. The highest BCUT2D eigenvalue weighted by Crippen LogP contribution is 2.23. The fourth-order valence-electron chi connectivity index (χ4n) is 2.18. The lowest BCUT2D eigenvalue weighted by Gasteiger charge is -2.25. The number of rotatable bonds is 4. The van der Waals surface area contributed by atoms with Crippen molar-refractivity contribution in [1.29, 1.82) is 0 Å². The van der Waals surface area contributed by atoms with Gasteiger partial charge in [0.2, 0.25) is 0 Å². The second kappa shape index (κ2) is 5.51. The van der Waals surface area contributed by atoms with Gasteiger partial charge < -0.3 is 14.5 Å². The Bertz CT molecular complexity index is 706. The molecule has 0 spiro atoms. The number of carbonyl (C=O) groups excluding carboxylic acids is 1. The molecule has 0 aliphatic rings. The highest BCUT2D eigenvalue weighted by molar-refractivity contribution is 6.06. The third-order valence-corrected chi connectivity index (χ3v) is 3.17. The number of hydrogen-bond donors (Lipinski definition) is 1. The van der Waals surface area contributed by atoms with Crippen LogP contribution in [0.15, 0.2) is 10.6 Å². The molecule has 21 heavy (non-hydrogen) atoms. The summed E-state index contributed by atoms with van der Waals surface area (Å²) in [5, 5.41) is 13.3. The Labute approximate surface area is 121 Å². The van der Waals surface area contributed by atoms with Crippen LogP contribution in [0.4, 0.5) is 0 Å². The van der Waals surface area contributed by atoms with Gasteiger partial charge in [-0.15, -0.1) is 0 Å². The highest BCUT2D eigenvalue weighted by Gasteiger charge is 2.25. The van der Waals surface area contributed by atoms with Crippen LogP contribution in [-0.2, 0) is 4.79 Å². The van der Waals surface area contributed by atoms with Crippen molar-refractivity contribution in [3.05, 3.63) is 23.0 Å². The molecule has 0 saturated heterocycles. The van der Waals surface area contributed by atoms with Gasteiger partial charge in [-0.2, -0.15) is 0 Å². The SMILES string of the molecule is Cc1cc(C(=O)N(CC(=O)O)C(C)C)c2c(C)noc2n1. The fourth-order valence-corrected chi connectivity index (χ4v) is 2.18. The molecule has 0 aliphatic carbocycles. The van der Waals surface area contributed by atoms with E-state index in [1.165, 1.54) is 4.90 Å². The second-order valence-corrected chi connectivity index (χ2v) is 5.18. The summed E-state index contributed by atoms with van der Waals surface area (Å²) in [4.78, 5) is 29.1. The Morgan fingerprint density at radius 3 is 2.62 bits per heavy atom. The van der Waals surface area contributed by atoms with E-state index in [9.17, 15) is 9.59 Å². The summed E-state index contributed by atoms with van der Waals surface area (Å²) < 4.78 is 5.09. The Morgan fingerprint density at radius 2 is 2.05 bits per heavy atom. The van der Waals surface area contributed by atoms with Crippen molar-refractivity contribution >= 4 is 23.0 Å². The third kappa shape index (κ3) is 2.86. The molecule has 2 aromatic heterocycles. The summed E-state index contributed by atoms with van der Waals surface area (Å²) >= 11 is 0. The summed E-state index contributed by atoms with van der Waals surface area (Å²) in [7, 11) is 0. The standard InChI is InChI=1S/C14H17N3O4/c1-7(2)17(6-11(18)19)14(20)10-5-8(3)15-13-12(10)9(4)16-21-13/h5,7H,6H2,1-4H3,(H,18,19). The van der Waals surface area contributed by atoms with Crippen molar-refractivity contribution in [1.82, 2.24) is 15.0 Å². The van der Waals surface area contributed by atoms with Gasteiger partial charge >= 0.3 is 5.97 Å². The van der Waals surface area contributed by atoms with E-state index in [1.807, 2.05) is 0 Å². The Hall–Kier alpha value is -2.44. The van der Waals surface area contributed by atoms with Crippen LogP contribution in [0.25, 0.3) is 11.1 Å². The van der Waals surface area contributed by atoms with Gasteiger partial charge in [0.05, 0.1) is 16.6 Å². The van der Waals surface area contributed by atoms with Crippen molar-refractivity contribution in [2.75, 3.05) is 6.54 Å². The average molecular weight is 291 g/mol. The molecule has 2 rings (SSSR count). The molecule has 0 unspecified atom stereocenters. The molecule has 7 nitrogen and oxygen atoms in total. The van der Waals surface area contributed by atoms with Crippen molar-refractivity contribution in [3.63, 3.8) is 0 Å². The van der Waals surface area contributed by atoms with Crippen molar-refractivity contribution in [3.8, 4) is 0 Å². The molecule has 0 bridgehead atoms. The molecule has 112 valence electrons. The van der Waals surface area contributed by atoms with E-state index < -0.39 is 5.97 Å². The topological polar surface area (TPSA) is 96.5 Å². The van der Waals surface area contributed by atoms with E-state index in [2.05, 4.69) is 10.1 Å². The quantitative estimate of drug-likeness (QED) is 0.922. The molecular weight excluding hydrogens is 274 g/mol. The molecule has 0 saturated carbocycles. The van der Waals surface area contributed by atoms with E-state index in [4.69, 9.17) is 9.63 Å². The molecule has 0 aromatic carbocycles. The van der Waals surface area contributed by atoms with Gasteiger partial charge in [0.15, 0.2) is 0 Å². The summed E-state index contributed by atoms with van der Waals surface area (Å²) in [6.07, 6.45) is 0. The minimum absolute atomic E-state index is 0.239. The van der Waals surface area contributed by atoms with E-state index >= 15 is 0 Å². The number of aryl methyl sites for hydroxylation is 2. The predicted octanol–water partition coefficient (Wildman–Crippen LogP) is 1.77. The number of nitrogens with zero attached hydrogens (tertiary/aromatic N) is 3. The Balaban J connectivity index is 2.56. The zero-order valence-electron chi connectivity index (χ0n) is 12.4. The van der Waals surface area contributed by atoms with E-state index in [-0.39, 0.29) is 24.2 Å². The van der Waals surface area contributed by atoms with Crippen LogP contribution >= 0.6 is 0 Å². The molecule has 0 fully saturated rings. The van der Waals surface area contributed by atoms with Gasteiger partial charge in [-0.3, -0.25) is 9.59 Å². The number of carboxylic acids is 1. The molecule has 2 heterocycles. The molecule has 0 radical (unpaired) electrons. The van der Waals surface area contributed by atoms with Crippen LogP contribution in [0.3, 0.4) is 0 Å². The Kier molecular flexibility index (Phi) is 3.93. The van der Waals surface area contributed by atoms with Gasteiger partial charge in [0.1, 0.15) is 6.54 Å². The Morgan fingerprint density at radius 1 is 1.38 bits per heavy atom. The van der Waals surface area contributed by atoms with Crippen LogP contribution in [0.5, 0.6) is 0 Å². The number of carbonyl (C=O) groups is 2. The smallest absolute Gasteiger partial charge is 0.323 e. The number of hydrogen-bond acceptors (Lipinski definition) is 5. The lowest BCUT2D eigenvalue weighted by Crippen LogP contribution is -2.40. The minimum atomic E-state index is -1.05. The predicted molar refractivity (Wildman–Crippen MR) is 75.1 cm³/mol. The molecule has 2 aromatic rings. The first-order valence-electron chi connectivity index (χ1n) is 6.57. The van der Waals surface area contributed by atoms with Crippen molar-refractivity contribution in [2.45, 2.75) is 33.7 Å². The lowest BCUT2D eigenvalue weighted by atomic mass is 10.1. The summed E-state index contributed by atoms with van der Waals surface area (Å²) in [5.41, 5.74) is 1.82. The van der Waals surface area contributed by atoms with Crippen molar-refractivity contribution < 1.29 is 19.2 Å². The van der Waals surface area contributed by atoms with E-state index in [1.54, 1.807) is 33.8 Å². The molecule has 7 heteroatoms. The normalized spacial score (nSPS) is 11.1. The van der Waals surface area contributed by atoms with Crippen LogP contribution in [0.2, 0.25) is 0 Å². The summed E-state index contributed by atoms with van der Waals surface area (Å²) in [6.45, 7) is 6.64. The number of aliphatic carboxylic acids is 1. The first-order valence-corrected chi connectivity index (χ1v) is 6.57. The minimum Gasteiger partial charge on any atom is -0.480 e. The first-order chi connectivity index (χ1) is 9.81. The average Bonchev–Trinajstić information content (AvgIpc) is 2.75. The molecular formula is C14H17N3O4. The van der Waals surface area contributed by atoms with Crippen LogP contribution < -0.4 is 0 Å². The first kappa shape index (κ1) is 15.0. The van der Waals surface area contributed by atoms with Gasteiger partial charge in [0, 0.05) is 11.7 Å². The van der Waals surface area contributed by atoms with Crippen LogP contribution in [0.1, 0.15) is 35.6 Å². The molecule has 0 atom stereocenters. The number of carboxylic acid groups (broad SMARTS) is 1. The monoisotopic (exact) mass is 291 g/mol. The number of amides is 1. The lowest BCUT2D eigenvalue weighted by molar-refractivity contribution is -0.138. The maximum atomic E-state index is 12.7. The van der Waals surface area contributed by atoms with Gasteiger partial charge in [-0.25, -0.2) is 4.98 Å². The van der Waals surface area contributed by atoms with Gasteiger partial charge in [-0.1, -0.05) is 5.16 Å². The van der Waals surface area contributed by atoms with E-state index in [0.29, 0.717) is 22.3 Å². The van der Waals surface area contributed by atoms with Crippen LogP contribution in [-0.4, -0.2) is 44.6 Å². The number of fused-ring (bicyclic) bond motifs is 1. The number of pyridine rings is 1. The van der Waals surface area contributed by atoms with E-state index in [0.717, 1.165) is 0 Å². The maximum absolute atomic E-state index is 12.7. The highest BCUT2D eigenvalue weighted by atomic mass is 16.5. The molecule has 1 amide bonds. The fraction of sp³-hybridized carbons (Fsp3) is 0.429. The second-order valence-electron chi connectivity index (χ2n) is 5.18. The zero-order chi connectivity index (χ0) is 15.7. The largest absolute Gasteiger partial charge is 0.480 e. The maximum Gasteiger partial charge on any atom is 0.323 e. The van der Waals surface area contributed by atoms with Gasteiger partial charge in [-0.05, 0) is 33.8 Å². The molecule has 0 aliphatic heterocycles. The summed E-state index contributed by atoms with van der Waals surface area (Å²) in [5.74, 6) is -1.42. The number of aromatic nitrogens is 2. The molecule has 1 N–H and O–H groups in total. The van der Waals surface area contributed by atoms with Gasteiger partial charge in [0.25, 0.3) is 11.6 Å². The summed E-state index contributed by atoms with van der Waals surface area (Å²) in [6, 6.07) is 1.39. The van der Waals surface area contributed by atoms with Crippen molar-refractivity contribution in [2.24, 2.45) is 0 Å². The zero-order valence-corrected chi connectivity index (χ0v) is 12.4. The van der Waals surface area contributed by atoms with Crippen LogP contribution in [0, 0.1) is 13.8 Å².